The van der Waals surface area contributed by atoms with Gasteiger partial charge in [0.05, 0.1) is 22.8 Å². The lowest BCUT2D eigenvalue weighted by atomic mass is 10.2. The van der Waals surface area contributed by atoms with Crippen molar-refractivity contribution >= 4 is 37.5 Å². The molecule has 0 aliphatic rings. The maximum absolute atomic E-state index is 12.4. The highest BCUT2D eigenvalue weighted by molar-refractivity contribution is 9.10. The van der Waals surface area contributed by atoms with Crippen molar-refractivity contribution in [3.63, 3.8) is 0 Å². The fourth-order valence-electron chi connectivity index (χ4n) is 1.90. The van der Waals surface area contributed by atoms with E-state index < -0.39 is 15.9 Å². The van der Waals surface area contributed by atoms with Gasteiger partial charge in [-0.15, -0.1) is 0 Å². The molecule has 0 bridgehead atoms. The molecule has 0 saturated heterocycles. The second-order valence-electron chi connectivity index (χ2n) is 4.57. The number of halogens is 1. The van der Waals surface area contributed by atoms with Crippen LogP contribution in [-0.4, -0.2) is 20.9 Å². The van der Waals surface area contributed by atoms with Gasteiger partial charge in [0.15, 0.2) is 0 Å². The predicted molar refractivity (Wildman–Crippen MR) is 91.1 cm³/mol. The fourth-order valence-corrected chi connectivity index (χ4v) is 2.86. The molecule has 0 fully saturated rings. The topological polar surface area (TPSA) is 98.5 Å². The molecular formula is C15H15BrN2O4S. The van der Waals surface area contributed by atoms with Gasteiger partial charge in [0.25, 0.3) is 5.91 Å². The zero-order valence-corrected chi connectivity index (χ0v) is 14.6. The summed E-state index contributed by atoms with van der Waals surface area (Å²) in [7, 11) is -3.89. The highest BCUT2D eigenvalue weighted by Crippen LogP contribution is 2.26. The van der Waals surface area contributed by atoms with Gasteiger partial charge in [-0.2, -0.15) is 0 Å². The lowest BCUT2D eigenvalue weighted by Gasteiger charge is -2.12. The van der Waals surface area contributed by atoms with Crippen LogP contribution in [0.1, 0.15) is 17.3 Å². The first kappa shape index (κ1) is 17.5. The number of amides is 1. The van der Waals surface area contributed by atoms with Crippen molar-refractivity contribution in [3.05, 3.63) is 52.5 Å². The van der Waals surface area contributed by atoms with Gasteiger partial charge >= 0.3 is 0 Å². The van der Waals surface area contributed by atoms with Gasteiger partial charge in [0.2, 0.25) is 10.0 Å². The number of rotatable bonds is 5. The van der Waals surface area contributed by atoms with E-state index in [0.29, 0.717) is 22.5 Å². The third-order valence-electron chi connectivity index (χ3n) is 2.95. The number of benzene rings is 2. The molecule has 0 radical (unpaired) electrons. The quantitative estimate of drug-likeness (QED) is 0.808. The van der Waals surface area contributed by atoms with E-state index in [4.69, 9.17) is 9.88 Å². The Morgan fingerprint density at radius 3 is 2.61 bits per heavy atom. The number of ether oxygens (including phenoxy) is 1. The number of nitrogens with two attached hydrogens (primary N) is 1. The van der Waals surface area contributed by atoms with E-state index in [0.717, 1.165) is 0 Å². The maximum atomic E-state index is 12.4. The van der Waals surface area contributed by atoms with E-state index in [9.17, 15) is 13.2 Å². The summed E-state index contributed by atoms with van der Waals surface area (Å²) in [5, 5.41) is 7.80. The Morgan fingerprint density at radius 2 is 1.96 bits per heavy atom. The Labute approximate surface area is 142 Å². The molecule has 2 aromatic carbocycles. The van der Waals surface area contributed by atoms with Crippen LogP contribution in [-0.2, 0) is 10.0 Å². The molecule has 3 N–H and O–H groups in total. The molecule has 8 heteroatoms. The number of primary sulfonamides is 1. The molecule has 0 spiro atoms. The average Bonchev–Trinajstić information content (AvgIpc) is 2.48. The van der Waals surface area contributed by atoms with Crippen LogP contribution in [0, 0.1) is 0 Å². The standard InChI is InChI=1S/C15H15BrN2O4S/c1-2-22-14-6-4-3-5-13(14)18-15(19)11-9-10(23(17,20)21)7-8-12(11)16/h3-9H,2H2,1H3,(H,18,19)(H2,17,20,21). The van der Waals surface area contributed by atoms with Crippen molar-refractivity contribution in [2.45, 2.75) is 11.8 Å². The van der Waals surface area contributed by atoms with Gasteiger partial charge in [0, 0.05) is 4.47 Å². The van der Waals surface area contributed by atoms with Crippen molar-refractivity contribution in [2.75, 3.05) is 11.9 Å². The number of hydrogen-bond donors (Lipinski definition) is 2. The Kier molecular flexibility index (Phi) is 5.40. The molecule has 0 atom stereocenters. The number of anilines is 1. The highest BCUT2D eigenvalue weighted by atomic mass is 79.9. The van der Waals surface area contributed by atoms with Crippen molar-refractivity contribution in [1.29, 1.82) is 0 Å². The summed E-state index contributed by atoms with van der Waals surface area (Å²) in [6.45, 7) is 2.29. The molecule has 1 amide bonds. The Hall–Kier alpha value is -1.90. The van der Waals surface area contributed by atoms with Gasteiger partial charge in [-0.05, 0) is 53.2 Å². The molecule has 0 saturated carbocycles. The zero-order chi connectivity index (χ0) is 17.0. The maximum Gasteiger partial charge on any atom is 0.256 e. The Morgan fingerprint density at radius 1 is 1.26 bits per heavy atom. The molecule has 0 aliphatic carbocycles. The van der Waals surface area contributed by atoms with E-state index in [1.54, 1.807) is 24.3 Å². The number of hydrogen-bond acceptors (Lipinski definition) is 4. The first-order valence-corrected chi connectivity index (χ1v) is 9.02. The van der Waals surface area contributed by atoms with Crippen LogP contribution >= 0.6 is 15.9 Å². The number of para-hydroxylation sites is 2. The summed E-state index contributed by atoms with van der Waals surface area (Å²) >= 11 is 3.23. The number of carbonyl (C=O) groups is 1. The summed E-state index contributed by atoms with van der Waals surface area (Å²) < 4.78 is 28.7. The smallest absolute Gasteiger partial charge is 0.256 e. The molecule has 2 rings (SSSR count). The van der Waals surface area contributed by atoms with Crippen LogP contribution in [0.3, 0.4) is 0 Å². The summed E-state index contributed by atoms with van der Waals surface area (Å²) in [5.74, 6) is 0.0524. The lowest BCUT2D eigenvalue weighted by molar-refractivity contribution is 0.102. The fraction of sp³-hybridized carbons (Fsp3) is 0.133. The van der Waals surface area contributed by atoms with Crippen LogP contribution in [0.4, 0.5) is 5.69 Å². The van der Waals surface area contributed by atoms with E-state index in [1.807, 2.05) is 6.92 Å². The monoisotopic (exact) mass is 398 g/mol. The van der Waals surface area contributed by atoms with E-state index in [2.05, 4.69) is 21.2 Å². The second kappa shape index (κ2) is 7.12. The van der Waals surface area contributed by atoms with Crippen molar-refractivity contribution in [3.8, 4) is 5.75 Å². The number of carbonyl (C=O) groups excluding carboxylic acids is 1. The average molecular weight is 399 g/mol. The normalized spacial score (nSPS) is 11.1. The van der Waals surface area contributed by atoms with Gasteiger partial charge in [-0.1, -0.05) is 12.1 Å². The Bertz CT molecular complexity index is 837. The van der Waals surface area contributed by atoms with Gasteiger partial charge < -0.3 is 10.1 Å². The largest absolute Gasteiger partial charge is 0.492 e. The molecule has 0 heterocycles. The first-order chi connectivity index (χ1) is 10.8. The third-order valence-corrected chi connectivity index (χ3v) is 4.55. The van der Waals surface area contributed by atoms with Crippen LogP contribution < -0.4 is 15.2 Å². The zero-order valence-electron chi connectivity index (χ0n) is 12.2. The second-order valence-corrected chi connectivity index (χ2v) is 6.99. The molecule has 0 aliphatic heterocycles. The minimum atomic E-state index is -3.89. The summed E-state index contributed by atoms with van der Waals surface area (Å²) in [6.07, 6.45) is 0. The van der Waals surface area contributed by atoms with Crippen LogP contribution in [0.15, 0.2) is 51.8 Å². The molecule has 0 unspecified atom stereocenters. The van der Waals surface area contributed by atoms with E-state index >= 15 is 0 Å². The Balaban J connectivity index is 2.35. The number of nitrogens with one attached hydrogen (secondary N) is 1. The molecule has 0 aromatic heterocycles. The summed E-state index contributed by atoms with van der Waals surface area (Å²) in [4.78, 5) is 12.3. The third kappa shape index (κ3) is 4.31. The van der Waals surface area contributed by atoms with Gasteiger partial charge in [0.1, 0.15) is 5.75 Å². The minimum absolute atomic E-state index is 0.135. The minimum Gasteiger partial charge on any atom is -0.492 e. The van der Waals surface area contributed by atoms with E-state index in [1.165, 1.54) is 18.2 Å². The predicted octanol–water partition coefficient (Wildman–Crippen LogP) is 2.75. The molecule has 2 aromatic rings. The van der Waals surface area contributed by atoms with Gasteiger partial charge in [-0.25, -0.2) is 13.6 Å². The SMILES string of the molecule is CCOc1ccccc1NC(=O)c1cc(S(N)(=O)=O)ccc1Br. The van der Waals surface area contributed by atoms with Crippen molar-refractivity contribution in [2.24, 2.45) is 5.14 Å². The van der Waals surface area contributed by atoms with Crippen LogP contribution in [0.2, 0.25) is 0 Å². The molecule has 6 nitrogen and oxygen atoms in total. The van der Waals surface area contributed by atoms with Crippen LogP contribution in [0.5, 0.6) is 5.75 Å². The van der Waals surface area contributed by atoms with Crippen molar-refractivity contribution in [1.82, 2.24) is 0 Å². The van der Waals surface area contributed by atoms with E-state index in [-0.39, 0.29) is 10.5 Å². The summed E-state index contributed by atoms with van der Waals surface area (Å²) in [6, 6.07) is 11.0. The van der Waals surface area contributed by atoms with Gasteiger partial charge in [-0.3, -0.25) is 4.79 Å². The molecule has 122 valence electrons. The highest BCUT2D eigenvalue weighted by Gasteiger charge is 2.16. The van der Waals surface area contributed by atoms with Crippen molar-refractivity contribution < 1.29 is 17.9 Å². The number of sulfonamides is 1. The first-order valence-electron chi connectivity index (χ1n) is 6.68. The lowest BCUT2D eigenvalue weighted by Crippen LogP contribution is -2.16. The molecule has 23 heavy (non-hydrogen) atoms. The van der Waals surface area contributed by atoms with Crippen LogP contribution in [0.25, 0.3) is 0 Å². The summed E-state index contributed by atoms with van der Waals surface area (Å²) in [5.41, 5.74) is 0.648. The molecular weight excluding hydrogens is 384 g/mol.